The van der Waals surface area contributed by atoms with Crippen LogP contribution in [0.3, 0.4) is 0 Å². The van der Waals surface area contributed by atoms with Crippen LogP contribution in [-0.4, -0.2) is 40.8 Å². The predicted molar refractivity (Wildman–Crippen MR) is 79.6 cm³/mol. The Morgan fingerprint density at radius 3 is 2.55 bits per heavy atom. The Hall–Kier alpha value is -1.55. The number of hydrogen-bond acceptors (Lipinski definition) is 2. The lowest BCUT2D eigenvalue weighted by molar-refractivity contribution is 0.118. The average Bonchev–Trinajstić information content (AvgIpc) is 3.15. The maximum absolute atomic E-state index is 12.3. The molecule has 0 heterocycles. The number of nitrogens with one attached hydrogen (secondary N) is 1. The summed E-state index contributed by atoms with van der Waals surface area (Å²) in [4.78, 5) is 13.9. The molecule has 110 valence electrons. The summed E-state index contributed by atoms with van der Waals surface area (Å²) >= 11 is 0. The van der Waals surface area contributed by atoms with Crippen molar-refractivity contribution in [2.24, 2.45) is 0 Å². The SMILES string of the molecule is CC(O)CN(C(=O)NC1CC1c1ccccc1)C(C)C. The summed E-state index contributed by atoms with van der Waals surface area (Å²) in [6.45, 7) is 5.99. The van der Waals surface area contributed by atoms with E-state index in [0.717, 1.165) is 6.42 Å². The summed E-state index contributed by atoms with van der Waals surface area (Å²) in [5.41, 5.74) is 1.28. The van der Waals surface area contributed by atoms with Gasteiger partial charge in [-0.1, -0.05) is 30.3 Å². The van der Waals surface area contributed by atoms with Crippen LogP contribution in [-0.2, 0) is 0 Å². The second-order valence-electron chi connectivity index (χ2n) is 5.90. The van der Waals surface area contributed by atoms with Crippen LogP contribution in [0.15, 0.2) is 30.3 Å². The van der Waals surface area contributed by atoms with Crippen LogP contribution in [0.4, 0.5) is 4.79 Å². The van der Waals surface area contributed by atoms with Crippen LogP contribution in [0.25, 0.3) is 0 Å². The molecule has 2 rings (SSSR count). The minimum Gasteiger partial charge on any atom is -0.392 e. The molecule has 0 spiro atoms. The zero-order chi connectivity index (χ0) is 14.7. The third kappa shape index (κ3) is 3.73. The Morgan fingerprint density at radius 2 is 2.00 bits per heavy atom. The topological polar surface area (TPSA) is 52.6 Å². The number of hydrogen-bond donors (Lipinski definition) is 2. The van der Waals surface area contributed by atoms with Crippen molar-refractivity contribution in [3.8, 4) is 0 Å². The Balaban J connectivity index is 1.89. The standard InChI is InChI=1S/C16H24N2O2/c1-11(2)18(10-12(3)19)16(20)17-15-9-14(15)13-7-5-4-6-8-13/h4-8,11-12,14-15,19H,9-10H2,1-3H3,(H,17,20). The molecule has 2 amide bonds. The van der Waals surface area contributed by atoms with Crippen molar-refractivity contribution < 1.29 is 9.90 Å². The fraction of sp³-hybridized carbons (Fsp3) is 0.562. The molecule has 0 saturated heterocycles. The van der Waals surface area contributed by atoms with Gasteiger partial charge in [0, 0.05) is 24.5 Å². The Labute approximate surface area is 120 Å². The Morgan fingerprint density at radius 1 is 1.35 bits per heavy atom. The van der Waals surface area contributed by atoms with Gasteiger partial charge in [-0.3, -0.25) is 0 Å². The van der Waals surface area contributed by atoms with Crippen molar-refractivity contribution >= 4 is 6.03 Å². The number of nitrogens with zero attached hydrogens (tertiary/aromatic N) is 1. The summed E-state index contributed by atoms with van der Waals surface area (Å²) in [6.07, 6.45) is 0.489. The molecule has 1 aromatic carbocycles. The zero-order valence-electron chi connectivity index (χ0n) is 12.4. The third-order valence-electron chi connectivity index (χ3n) is 3.67. The number of aliphatic hydroxyl groups excluding tert-OH is 1. The highest BCUT2D eigenvalue weighted by Crippen LogP contribution is 2.40. The number of rotatable bonds is 5. The van der Waals surface area contributed by atoms with Gasteiger partial charge in [-0.05, 0) is 32.8 Å². The Bertz CT molecular complexity index is 445. The summed E-state index contributed by atoms with van der Waals surface area (Å²) in [5, 5.41) is 12.5. The van der Waals surface area contributed by atoms with Gasteiger partial charge in [0.25, 0.3) is 0 Å². The fourth-order valence-corrected chi connectivity index (χ4v) is 2.48. The van der Waals surface area contributed by atoms with E-state index in [1.165, 1.54) is 5.56 Å². The first-order chi connectivity index (χ1) is 9.49. The quantitative estimate of drug-likeness (QED) is 0.867. The van der Waals surface area contributed by atoms with Crippen molar-refractivity contribution in [2.45, 2.75) is 51.3 Å². The number of urea groups is 1. The molecular formula is C16H24N2O2. The van der Waals surface area contributed by atoms with E-state index in [9.17, 15) is 9.90 Å². The molecule has 3 unspecified atom stereocenters. The van der Waals surface area contributed by atoms with Crippen LogP contribution in [0.5, 0.6) is 0 Å². The molecule has 20 heavy (non-hydrogen) atoms. The molecule has 2 N–H and O–H groups in total. The van der Waals surface area contributed by atoms with E-state index in [1.54, 1.807) is 11.8 Å². The number of aliphatic hydroxyl groups is 1. The van der Waals surface area contributed by atoms with Gasteiger partial charge in [0.1, 0.15) is 0 Å². The minimum atomic E-state index is -0.507. The van der Waals surface area contributed by atoms with Crippen LogP contribution >= 0.6 is 0 Å². The first-order valence-corrected chi connectivity index (χ1v) is 7.29. The molecule has 0 aromatic heterocycles. The van der Waals surface area contributed by atoms with Gasteiger partial charge >= 0.3 is 6.03 Å². The average molecular weight is 276 g/mol. The van der Waals surface area contributed by atoms with E-state index < -0.39 is 6.10 Å². The summed E-state index contributed by atoms with van der Waals surface area (Å²) in [6, 6.07) is 10.5. The molecule has 1 aliphatic rings. The highest BCUT2D eigenvalue weighted by molar-refractivity contribution is 5.75. The molecular weight excluding hydrogens is 252 g/mol. The second kappa shape index (κ2) is 6.27. The molecule has 4 nitrogen and oxygen atoms in total. The maximum Gasteiger partial charge on any atom is 0.317 e. The first kappa shape index (κ1) is 14.9. The van der Waals surface area contributed by atoms with Gasteiger partial charge in [0.05, 0.1) is 6.10 Å². The van der Waals surface area contributed by atoms with Crippen molar-refractivity contribution in [3.63, 3.8) is 0 Å². The van der Waals surface area contributed by atoms with Crippen molar-refractivity contribution in [1.82, 2.24) is 10.2 Å². The molecule has 0 aliphatic heterocycles. The molecule has 1 saturated carbocycles. The van der Waals surface area contributed by atoms with E-state index in [4.69, 9.17) is 0 Å². The fourth-order valence-electron chi connectivity index (χ4n) is 2.48. The summed E-state index contributed by atoms with van der Waals surface area (Å²) in [7, 11) is 0. The smallest absolute Gasteiger partial charge is 0.317 e. The van der Waals surface area contributed by atoms with Gasteiger partial charge in [-0.25, -0.2) is 4.79 Å². The van der Waals surface area contributed by atoms with E-state index >= 15 is 0 Å². The highest BCUT2D eigenvalue weighted by atomic mass is 16.3. The van der Waals surface area contributed by atoms with E-state index in [2.05, 4.69) is 17.4 Å². The summed E-state index contributed by atoms with van der Waals surface area (Å²) < 4.78 is 0. The zero-order valence-corrected chi connectivity index (χ0v) is 12.4. The lowest BCUT2D eigenvalue weighted by Crippen LogP contribution is -2.47. The lowest BCUT2D eigenvalue weighted by Gasteiger charge is -2.28. The monoisotopic (exact) mass is 276 g/mol. The van der Waals surface area contributed by atoms with Crippen LogP contribution < -0.4 is 5.32 Å². The van der Waals surface area contributed by atoms with Gasteiger partial charge in [0.15, 0.2) is 0 Å². The number of carbonyl (C=O) groups is 1. The third-order valence-corrected chi connectivity index (χ3v) is 3.67. The Kier molecular flexibility index (Phi) is 4.65. The molecule has 3 atom stereocenters. The molecule has 1 aliphatic carbocycles. The molecule has 1 fully saturated rings. The van der Waals surface area contributed by atoms with Crippen molar-refractivity contribution in [1.29, 1.82) is 0 Å². The maximum atomic E-state index is 12.3. The molecule has 4 heteroatoms. The van der Waals surface area contributed by atoms with E-state index in [-0.39, 0.29) is 18.1 Å². The normalized spacial score (nSPS) is 22.4. The molecule has 0 radical (unpaired) electrons. The van der Waals surface area contributed by atoms with E-state index in [1.807, 2.05) is 32.0 Å². The van der Waals surface area contributed by atoms with Gasteiger partial charge in [-0.15, -0.1) is 0 Å². The second-order valence-corrected chi connectivity index (χ2v) is 5.90. The van der Waals surface area contributed by atoms with Crippen molar-refractivity contribution in [3.05, 3.63) is 35.9 Å². The van der Waals surface area contributed by atoms with Crippen LogP contribution in [0.1, 0.15) is 38.7 Å². The van der Waals surface area contributed by atoms with Crippen LogP contribution in [0, 0.1) is 0 Å². The van der Waals surface area contributed by atoms with Gasteiger partial charge < -0.3 is 15.3 Å². The largest absolute Gasteiger partial charge is 0.392 e. The number of carbonyl (C=O) groups excluding carboxylic acids is 1. The van der Waals surface area contributed by atoms with Crippen molar-refractivity contribution in [2.75, 3.05) is 6.54 Å². The van der Waals surface area contributed by atoms with E-state index in [0.29, 0.717) is 12.5 Å². The highest BCUT2D eigenvalue weighted by Gasteiger charge is 2.40. The number of benzene rings is 1. The minimum absolute atomic E-state index is 0.0793. The molecule has 1 aromatic rings. The first-order valence-electron chi connectivity index (χ1n) is 7.29. The summed E-state index contributed by atoms with van der Waals surface area (Å²) in [5.74, 6) is 0.431. The lowest BCUT2D eigenvalue weighted by atomic mass is 10.1. The molecule has 0 bridgehead atoms. The van der Waals surface area contributed by atoms with Gasteiger partial charge in [0.2, 0.25) is 0 Å². The predicted octanol–water partition coefficient (Wildman–Crippen LogP) is 2.34. The van der Waals surface area contributed by atoms with Gasteiger partial charge in [-0.2, -0.15) is 0 Å². The van der Waals surface area contributed by atoms with Crippen LogP contribution in [0.2, 0.25) is 0 Å². The number of amides is 2.